The van der Waals surface area contributed by atoms with Crippen molar-refractivity contribution in [1.82, 2.24) is 5.32 Å². The lowest BCUT2D eigenvalue weighted by Gasteiger charge is -2.17. The zero-order valence-corrected chi connectivity index (χ0v) is 11.6. The van der Waals surface area contributed by atoms with Gasteiger partial charge in [-0.1, -0.05) is 25.1 Å². The van der Waals surface area contributed by atoms with Crippen LogP contribution in [0.15, 0.2) is 41.8 Å². The molecular formula is C14H14F3NOS. The van der Waals surface area contributed by atoms with Crippen LogP contribution in [0.2, 0.25) is 0 Å². The number of hydrogen-bond acceptors (Lipinski definition) is 3. The number of rotatable bonds is 5. The van der Waals surface area contributed by atoms with Crippen molar-refractivity contribution < 1.29 is 17.9 Å². The van der Waals surface area contributed by atoms with Crippen LogP contribution in [0, 0.1) is 0 Å². The minimum atomic E-state index is -4.66. The van der Waals surface area contributed by atoms with Crippen LogP contribution >= 0.6 is 11.3 Å². The van der Waals surface area contributed by atoms with Gasteiger partial charge in [-0.15, -0.1) is 24.5 Å². The second-order valence-electron chi connectivity index (χ2n) is 4.12. The van der Waals surface area contributed by atoms with Gasteiger partial charge in [0.25, 0.3) is 0 Å². The Morgan fingerprint density at radius 3 is 2.40 bits per heavy atom. The molecule has 1 atom stereocenters. The average Bonchev–Trinajstić information content (AvgIpc) is 2.89. The summed E-state index contributed by atoms with van der Waals surface area (Å²) in [5.41, 5.74) is 0.906. The second-order valence-corrected chi connectivity index (χ2v) is 5.10. The molecule has 0 radical (unpaired) electrons. The van der Waals surface area contributed by atoms with Gasteiger partial charge in [-0.25, -0.2) is 0 Å². The van der Waals surface area contributed by atoms with Crippen LogP contribution in [0.25, 0.3) is 0 Å². The van der Waals surface area contributed by atoms with E-state index in [1.54, 1.807) is 23.5 Å². The van der Waals surface area contributed by atoms with Crippen LogP contribution in [0.3, 0.4) is 0 Å². The lowest BCUT2D eigenvalue weighted by atomic mass is 10.1. The lowest BCUT2D eigenvalue weighted by Crippen LogP contribution is -2.21. The first-order chi connectivity index (χ1) is 9.49. The summed E-state index contributed by atoms with van der Waals surface area (Å²) < 4.78 is 40.2. The van der Waals surface area contributed by atoms with E-state index < -0.39 is 6.36 Å². The van der Waals surface area contributed by atoms with E-state index in [1.807, 2.05) is 24.4 Å². The summed E-state index contributed by atoms with van der Waals surface area (Å²) in [5, 5.41) is 5.29. The molecule has 0 amide bonds. The topological polar surface area (TPSA) is 21.3 Å². The van der Waals surface area contributed by atoms with Gasteiger partial charge in [0.1, 0.15) is 5.75 Å². The van der Waals surface area contributed by atoms with E-state index in [0.29, 0.717) is 0 Å². The van der Waals surface area contributed by atoms with Gasteiger partial charge in [-0.05, 0) is 35.7 Å². The van der Waals surface area contributed by atoms with E-state index in [0.717, 1.165) is 17.0 Å². The molecule has 2 nitrogen and oxygen atoms in total. The molecule has 0 saturated carbocycles. The molecular weight excluding hydrogens is 287 g/mol. The molecule has 108 valence electrons. The third-order valence-corrected chi connectivity index (χ3v) is 3.62. The highest BCUT2D eigenvalue weighted by Gasteiger charge is 2.31. The van der Waals surface area contributed by atoms with E-state index in [1.165, 1.54) is 12.1 Å². The largest absolute Gasteiger partial charge is 0.573 e. The molecule has 0 fully saturated rings. The Morgan fingerprint density at radius 1 is 1.20 bits per heavy atom. The van der Waals surface area contributed by atoms with Crippen molar-refractivity contribution in [2.24, 2.45) is 0 Å². The van der Waals surface area contributed by atoms with Gasteiger partial charge in [0.15, 0.2) is 0 Å². The molecule has 1 N–H and O–H groups in total. The Bertz CT molecular complexity index is 522. The predicted molar refractivity (Wildman–Crippen MR) is 73.0 cm³/mol. The number of ether oxygens (including phenoxy) is 1. The fourth-order valence-electron chi connectivity index (χ4n) is 1.90. The molecule has 0 saturated heterocycles. The molecule has 0 spiro atoms. The number of nitrogens with one attached hydrogen (secondary N) is 1. The molecule has 1 heterocycles. The molecule has 0 aliphatic heterocycles. The van der Waals surface area contributed by atoms with Crippen molar-refractivity contribution in [3.63, 3.8) is 0 Å². The Kier molecular flexibility index (Phi) is 4.67. The van der Waals surface area contributed by atoms with Crippen LogP contribution < -0.4 is 10.1 Å². The molecule has 1 aromatic carbocycles. The van der Waals surface area contributed by atoms with Gasteiger partial charge in [0, 0.05) is 4.88 Å². The number of alkyl halides is 3. The minimum Gasteiger partial charge on any atom is -0.406 e. The number of hydrogen-bond donors (Lipinski definition) is 1. The molecule has 1 unspecified atom stereocenters. The SMILES string of the molecule is CCNC(c1ccc(OC(F)(F)F)cc1)c1cccs1. The van der Waals surface area contributed by atoms with Gasteiger partial charge in [-0.2, -0.15) is 0 Å². The van der Waals surface area contributed by atoms with E-state index >= 15 is 0 Å². The highest BCUT2D eigenvalue weighted by atomic mass is 32.1. The molecule has 2 aromatic rings. The highest BCUT2D eigenvalue weighted by Crippen LogP contribution is 2.29. The zero-order valence-electron chi connectivity index (χ0n) is 10.8. The van der Waals surface area contributed by atoms with Crippen LogP contribution in [0.1, 0.15) is 23.4 Å². The fraction of sp³-hybridized carbons (Fsp3) is 0.286. The van der Waals surface area contributed by atoms with E-state index in [4.69, 9.17) is 0 Å². The van der Waals surface area contributed by atoms with Gasteiger partial charge in [-0.3, -0.25) is 0 Å². The van der Waals surface area contributed by atoms with Crippen molar-refractivity contribution in [2.45, 2.75) is 19.3 Å². The van der Waals surface area contributed by atoms with Gasteiger partial charge in [0.2, 0.25) is 0 Å². The maximum absolute atomic E-state index is 12.1. The van der Waals surface area contributed by atoms with Crippen LogP contribution in [0.4, 0.5) is 13.2 Å². The first-order valence-electron chi connectivity index (χ1n) is 6.12. The Balaban J connectivity index is 2.18. The van der Waals surface area contributed by atoms with Crippen molar-refractivity contribution in [3.05, 3.63) is 52.2 Å². The highest BCUT2D eigenvalue weighted by molar-refractivity contribution is 7.10. The minimum absolute atomic E-state index is 0.0139. The Morgan fingerprint density at radius 2 is 1.90 bits per heavy atom. The van der Waals surface area contributed by atoms with Gasteiger partial charge in [0.05, 0.1) is 6.04 Å². The zero-order chi connectivity index (χ0) is 14.6. The van der Waals surface area contributed by atoms with E-state index in [9.17, 15) is 13.2 Å². The Hall–Kier alpha value is -1.53. The van der Waals surface area contributed by atoms with Crippen molar-refractivity contribution >= 4 is 11.3 Å². The summed E-state index contributed by atoms with van der Waals surface area (Å²) >= 11 is 1.61. The van der Waals surface area contributed by atoms with Crippen LogP contribution in [-0.2, 0) is 0 Å². The average molecular weight is 301 g/mol. The van der Waals surface area contributed by atoms with Crippen LogP contribution in [0.5, 0.6) is 5.75 Å². The van der Waals surface area contributed by atoms with E-state index in [2.05, 4.69) is 10.1 Å². The smallest absolute Gasteiger partial charge is 0.406 e. The van der Waals surface area contributed by atoms with Crippen molar-refractivity contribution in [2.75, 3.05) is 6.54 Å². The molecule has 6 heteroatoms. The number of benzene rings is 1. The fourth-order valence-corrected chi connectivity index (χ4v) is 2.73. The number of thiophene rings is 1. The second kappa shape index (κ2) is 6.28. The summed E-state index contributed by atoms with van der Waals surface area (Å²) in [4.78, 5) is 1.12. The summed E-state index contributed by atoms with van der Waals surface area (Å²) in [6, 6.07) is 9.90. The van der Waals surface area contributed by atoms with E-state index in [-0.39, 0.29) is 11.8 Å². The summed E-state index contributed by atoms with van der Waals surface area (Å²) in [7, 11) is 0. The monoisotopic (exact) mass is 301 g/mol. The van der Waals surface area contributed by atoms with Gasteiger partial charge >= 0.3 is 6.36 Å². The molecule has 1 aromatic heterocycles. The third kappa shape index (κ3) is 3.98. The summed E-state index contributed by atoms with van der Waals surface area (Å²) in [6.07, 6.45) is -4.66. The third-order valence-electron chi connectivity index (χ3n) is 2.68. The summed E-state index contributed by atoms with van der Waals surface area (Å²) in [6.45, 7) is 2.76. The van der Waals surface area contributed by atoms with Crippen molar-refractivity contribution in [1.29, 1.82) is 0 Å². The van der Waals surface area contributed by atoms with Crippen LogP contribution in [-0.4, -0.2) is 12.9 Å². The van der Waals surface area contributed by atoms with Gasteiger partial charge < -0.3 is 10.1 Å². The lowest BCUT2D eigenvalue weighted by molar-refractivity contribution is -0.274. The predicted octanol–water partition coefficient (Wildman–Crippen LogP) is 4.35. The first-order valence-corrected chi connectivity index (χ1v) is 7.00. The normalized spacial score (nSPS) is 13.2. The summed E-state index contributed by atoms with van der Waals surface area (Å²) in [5.74, 6) is -0.206. The molecule has 0 bridgehead atoms. The maximum atomic E-state index is 12.1. The molecule has 0 aliphatic carbocycles. The molecule has 20 heavy (non-hydrogen) atoms. The van der Waals surface area contributed by atoms with Crippen molar-refractivity contribution in [3.8, 4) is 5.75 Å². The quantitative estimate of drug-likeness (QED) is 0.886. The maximum Gasteiger partial charge on any atom is 0.573 e. The number of halogens is 3. The standard InChI is InChI=1S/C14H14F3NOS/c1-2-18-13(12-4-3-9-20-12)10-5-7-11(8-6-10)19-14(15,16)17/h3-9,13,18H,2H2,1H3. The first kappa shape index (κ1) is 14.9. The molecule has 2 rings (SSSR count). The Labute approximate surface area is 119 Å². The molecule has 0 aliphatic rings.